The van der Waals surface area contributed by atoms with Crippen molar-refractivity contribution in [3.05, 3.63) is 64.0 Å². The fourth-order valence-electron chi connectivity index (χ4n) is 2.15. The fraction of sp³-hybridized carbons (Fsp3) is 0.0625. The lowest BCUT2D eigenvalue weighted by molar-refractivity contribution is -0.113. The van der Waals surface area contributed by atoms with Gasteiger partial charge in [-0.1, -0.05) is 11.6 Å². The summed E-state index contributed by atoms with van der Waals surface area (Å²) in [6, 6.07) is 5.25. The summed E-state index contributed by atoms with van der Waals surface area (Å²) < 4.78 is 5.39. The summed E-state index contributed by atoms with van der Waals surface area (Å²) in [6.07, 6.45) is 4.74. The monoisotopic (exact) mass is 266 g/mol. The Balaban J connectivity index is 2.28. The van der Waals surface area contributed by atoms with Gasteiger partial charge in [0, 0.05) is 5.57 Å². The molecule has 0 unspecified atom stereocenters. The van der Waals surface area contributed by atoms with Gasteiger partial charge in [0.1, 0.15) is 11.8 Å². The minimum absolute atomic E-state index is 0.0784. The van der Waals surface area contributed by atoms with E-state index in [-0.39, 0.29) is 28.1 Å². The van der Waals surface area contributed by atoms with Crippen LogP contribution in [-0.4, -0.2) is 11.6 Å². The van der Waals surface area contributed by atoms with E-state index in [2.05, 4.69) is 0 Å². The van der Waals surface area contributed by atoms with E-state index in [0.717, 1.165) is 17.7 Å². The first-order chi connectivity index (χ1) is 9.56. The number of fused-ring (bicyclic) bond motifs is 1. The Morgan fingerprint density at radius 1 is 1.05 bits per heavy atom. The van der Waals surface area contributed by atoms with Crippen molar-refractivity contribution in [2.75, 3.05) is 0 Å². The molecule has 0 saturated heterocycles. The molecule has 2 aromatic rings. The second-order valence-electron chi connectivity index (χ2n) is 4.64. The van der Waals surface area contributed by atoms with Crippen molar-refractivity contribution in [2.45, 2.75) is 6.92 Å². The average Bonchev–Trinajstić information content (AvgIpc) is 2.43. The smallest absolute Gasteiger partial charge is 0.200 e. The Hall–Kier alpha value is -2.75. The van der Waals surface area contributed by atoms with E-state index in [1.54, 1.807) is 12.1 Å². The molecule has 4 nitrogen and oxygen atoms in total. The van der Waals surface area contributed by atoms with Crippen LogP contribution in [0, 0.1) is 6.92 Å². The van der Waals surface area contributed by atoms with E-state index in [9.17, 15) is 14.4 Å². The van der Waals surface area contributed by atoms with Gasteiger partial charge < -0.3 is 4.42 Å². The van der Waals surface area contributed by atoms with E-state index in [1.807, 2.05) is 13.0 Å². The van der Waals surface area contributed by atoms with Crippen molar-refractivity contribution in [3.63, 3.8) is 0 Å². The normalized spacial score (nSPS) is 14.8. The van der Waals surface area contributed by atoms with Crippen LogP contribution in [-0.2, 0) is 9.59 Å². The highest BCUT2D eigenvalue weighted by Gasteiger charge is 2.19. The Morgan fingerprint density at radius 2 is 1.85 bits per heavy atom. The van der Waals surface area contributed by atoms with Crippen LogP contribution in [0.15, 0.2) is 51.9 Å². The second-order valence-corrected chi connectivity index (χ2v) is 4.64. The van der Waals surface area contributed by atoms with Gasteiger partial charge in [0.05, 0.1) is 10.9 Å². The van der Waals surface area contributed by atoms with Gasteiger partial charge in [-0.2, -0.15) is 0 Å². The van der Waals surface area contributed by atoms with Crippen LogP contribution in [0.1, 0.15) is 11.1 Å². The molecular weight excluding hydrogens is 256 g/mol. The molecule has 3 rings (SSSR count). The number of carbonyl (C=O) groups is 2. The van der Waals surface area contributed by atoms with Crippen LogP contribution in [0.4, 0.5) is 0 Å². The summed E-state index contributed by atoms with van der Waals surface area (Å²) >= 11 is 0. The summed E-state index contributed by atoms with van der Waals surface area (Å²) in [4.78, 5) is 35.6. The van der Waals surface area contributed by atoms with Gasteiger partial charge in [-0.15, -0.1) is 0 Å². The zero-order valence-electron chi connectivity index (χ0n) is 10.7. The molecule has 0 radical (unpaired) electrons. The maximum Gasteiger partial charge on any atom is 0.200 e. The van der Waals surface area contributed by atoms with Crippen molar-refractivity contribution in [1.82, 2.24) is 0 Å². The molecule has 98 valence electrons. The van der Waals surface area contributed by atoms with E-state index in [0.29, 0.717) is 11.0 Å². The van der Waals surface area contributed by atoms with Gasteiger partial charge in [0.15, 0.2) is 11.6 Å². The third-order valence-corrected chi connectivity index (χ3v) is 3.17. The Bertz CT molecular complexity index is 866. The van der Waals surface area contributed by atoms with Crippen LogP contribution >= 0.6 is 0 Å². The Labute approximate surface area is 114 Å². The van der Waals surface area contributed by atoms with Crippen LogP contribution < -0.4 is 5.43 Å². The lowest BCUT2D eigenvalue weighted by atomic mass is 9.96. The molecule has 0 fully saturated rings. The van der Waals surface area contributed by atoms with Crippen LogP contribution in [0.5, 0.6) is 0 Å². The number of rotatable bonds is 1. The Morgan fingerprint density at radius 3 is 2.65 bits per heavy atom. The molecule has 0 N–H and O–H groups in total. The van der Waals surface area contributed by atoms with E-state index >= 15 is 0 Å². The van der Waals surface area contributed by atoms with Crippen molar-refractivity contribution in [1.29, 1.82) is 0 Å². The number of carbonyl (C=O) groups excluding carboxylic acids is 2. The molecule has 0 amide bonds. The third-order valence-electron chi connectivity index (χ3n) is 3.17. The molecule has 0 saturated carbocycles. The van der Waals surface area contributed by atoms with Crippen molar-refractivity contribution >= 4 is 28.1 Å². The highest BCUT2D eigenvalue weighted by Crippen LogP contribution is 2.20. The third kappa shape index (κ3) is 1.91. The summed E-state index contributed by atoms with van der Waals surface area (Å²) in [5.74, 6) is -0.688. The van der Waals surface area contributed by atoms with Crippen molar-refractivity contribution in [2.24, 2.45) is 0 Å². The molecule has 0 bridgehead atoms. The molecule has 1 aromatic heterocycles. The van der Waals surface area contributed by atoms with Crippen molar-refractivity contribution < 1.29 is 14.0 Å². The van der Waals surface area contributed by atoms with Gasteiger partial charge in [0.2, 0.25) is 5.43 Å². The summed E-state index contributed by atoms with van der Waals surface area (Å²) in [5.41, 5.74) is 1.26. The largest absolute Gasteiger partial charge is 0.463 e. The maximum absolute atomic E-state index is 12.4. The molecule has 0 aliphatic heterocycles. The number of ketones is 2. The molecular formula is C16H10O4. The molecule has 1 aliphatic rings. The minimum atomic E-state index is -0.371. The lowest BCUT2D eigenvalue weighted by Crippen LogP contribution is -2.15. The van der Waals surface area contributed by atoms with Crippen LogP contribution in [0.3, 0.4) is 0 Å². The van der Waals surface area contributed by atoms with Crippen LogP contribution in [0.2, 0.25) is 0 Å². The first-order valence-electron chi connectivity index (χ1n) is 6.07. The molecule has 20 heavy (non-hydrogen) atoms. The molecule has 1 aliphatic carbocycles. The topological polar surface area (TPSA) is 64.3 Å². The summed E-state index contributed by atoms with van der Waals surface area (Å²) in [7, 11) is 0. The first kappa shape index (κ1) is 12.3. The van der Waals surface area contributed by atoms with E-state index in [4.69, 9.17) is 4.42 Å². The summed E-state index contributed by atoms with van der Waals surface area (Å²) in [6.45, 7) is 1.86. The standard InChI is InChI=1S/C16H10O4/c1-9-2-5-15-12(6-9)16(19)13(8-20-15)11-7-10(17)3-4-14(11)18/h2-8H,1H3. The molecule has 4 heteroatoms. The summed E-state index contributed by atoms with van der Waals surface area (Å²) in [5, 5.41) is 0.401. The van der Waals surface area contributed by atoms with Gasteiger partial charge in [-0.3, -0.25) is 14.4 Å². The highest BCUT2D eigenvalue weighted by atomic mass is 16.3. The van der Waals surface area contributed by atoms with E-state index in [1.165, 1.54) is 12.3 Å². The maximum atomic E-state index is 12.4. The number of allylic oxidation sites excluding steroid dienone is 4. The predicted octanol–water partition coefficient (Wildman–Crippen LogP) is 2.19. The number of hydrogen-bond donors (Lipinski definition) is 0. The number of benzene rings is 1. The first-order valence-corrected chi connectivity index (χ1v) is 6.07. The van der Waals surface area contributed by atoms with E-state index < -0.39 is 0 Å². The average molecular weight is 266 g/mol. The molecule has 1 heterocycles. The second kappa shape index (κ2) is 4.42. The highest BCUT2D eigenvalue weighted by molar-refractivity contribution is 6.34. The zero-order valence-corrected chi connectivity index (χ0v) is 10.7. The lowest BCUT2D eigenvalue weighted by Gasteiger charge is -2.07. The number of hydrogen-bond acceptors (Lipinski definition) is 4. The quantitative estimate of drug-likeness (QED) is 0.742. The minimum Gasteiger partial charge on any atom is -0.463 e. The molecule has 0 spiro atoms. The zero-order chi connectivity index (χ0) is 14.3. The Kier molecular flexibility index (Phi) is 2.71. The van der Waals surface area contributed by atoms with Gasteiger partial charge >= 0.3 is 0 Å². The van der Waals surface area contributed by atoms with Gasteiger partial charge in [-0.05, 0) is 37.3 Å². The van der Waals surface area contributed by atoms with Gasteiger partial charge in [-0.25, -0.2) is 0 Å². The number of aryl methyl sites for hydroxylation is 1. The van der Waals surface area contributed by atoms with Crippen LogP contribution in [0.25, 0.3) is 16.5 Å². The van der Waals surface area contributed by atoms with Gasteiger partial charge in [0.25, 0.3) is 0 Å². The SMILES string of the molecule is Cc1ccc2occ(C3=CC(=O)C=CC3=O)c(=O)c2c1. The molecule has 1 aromatic carbocycles. The van der Waals surface area contributed by atoms with Crippen molar-refractivity contribution in [3.8, 4) is 0 Å². The predicted molar refractivity (Wildman–Crippen MR) is 74.4 cm³/mol. The molecule has 0 atom stereocenters. The fourth-order valence-corrected chi connectivity index (χ4v) is 2.15.